The van der Waals surface area contributed by atoms with Gasteiger partial charge in [-0.1, -0.05) is 29.5 Å². The van der Waals surface area contributed by atoms with E-state index in [1.807, 2.05) is 18.2 Å². The number of hydrogen-bond donors (Lipinski definition) is 2. The van der Waals surface area contributed by atoms with Gasteiger partial charge in [-0.25, -0.2) is 14.4 Å². The van der Waals surface area contributed by atoms with E-state index in [-0.39, 0.29) is 23.1 Å². The van der Waals surface area contributed by atoms with Gasteiger partial charge in [-0.05, 0) is 49.2 Å². The maximum atomic E-state index is 13.7. The second-order valence-electron chi connectivity index (χ2n) is 11.7. The van der Waals surface area contributed by atoms with E-state index in [0.29, 0.717) is 71.2 Å². The fraction of sp³-hybridized carbons (Fsp3) is 0.406. The van der Waals surface area contributed by atoms with E-state index in [0.717, 1.165) is 26.2 Å². The second kappa shape index (κ2) is 11.8. The molecular formula is C32H32ClFN6O3. The van der Waals surface area contributed by atoms with Gasteiger partial charge in [0.05, 0.1) is 47.2 Å². The second-order valence-corrected chi connectivity index (χ2v) is 12.1. The van der Waals surface area contributed by atoms with Crippen LogP contribution in [0.1, 0.15) is 5.56 Å². The lowest BCUT2D eigenvalue weighted by atomic mass is 10.1. The van der Waals surface area contributed by atoms with Gasteiger partial charge in [0.15, 0.2) is 0 Å². The number of nitrogens with one attached hydrogen (secondary N) is 2. The van der Waals surface area contributed by atoms with Gasteiger partial charge in [-0.2, -0.15) is 0 Å². The first kappa shape index (κ1) is 28.2. The van der Waals surface area contributed by atoms with E-state index >= 15 is 0 Å². The molecule has 0 radical (unpaired) electrons. The minimum absolute atomic E-state index is 0.00411. The first-order valence-electron chi connectivity index (χ1n) is 14.6. The minimum Gasteiger partial charge on any atom is -0.372 e. The Balaban J connectivity index is 1.13. The zero-order valence-electron chi connectivity index (χ0n) is 23.7. The Hall–Kier alpha value is -3.59. The summed E-state index contributed by atoms with van der Waals surface area (Å²) in [6.07, 6.45) is 5.05. The molecule has 3 aliphatic heterocycles. The van der Waals surface area contributed by atoms with Crippen LogP contribution in [0.2, 0.25) is 5.02 Å². The van der Waals surface area contributed by atoms with Gasteiger partial charge in [0.25, 0.3) is 0 Å². The molecule has 0 spiro atoms. The third-order valence-electron chi connectivity index (χ3n) is 8.64. The molecule has 1 aliphatic carbocycles. The van der Waals surface area contributed by atoms with Crippen LogP contribution in [0.4, 0.5) is 21.6 Å². The third-order valence-corrected chi connectivity index (χ3v) is 8.93. The summed E-state index contributed by atoms with van der Waals surface area (Å²) in [7, 11) is 2.14. The highest BCUT2D eigenvalue weighted by Crippen LogP contribution is 2.50. The number of carbonyl (C=O) groups excluding carboxylic acids is 1. The smallest absolute Gasteiger partial charge is 0.248 e. The SMILES string of the molecule is CN1CC2C(C#Cc3cc4ncnc(Nc5ccc(F)c(Cl)c5)c4cc3NC(=O)C=CCN3CC4OCCOC4C3)C2C1. The Morgan fingerprint density at radius 3 is 2.63 bits per heavy atom. The van der Waals surface area contributed by atoms with Gasteiger partial charge in [0.1, 0.15) is 18.0 Å². The zero-order chi connectivity index (χ0) is 29.5. The average Bonchev–Trinajstić information content (AvgIpc) is 3.28. The Labute approximate surface area is 254 Å². The highest BCUT2D eigenvalue weighted by Gasteiger charge is 2.54. The van der Waals surface area contributed by atoms with Gasteiger partial charge < -0.3 is 25.0 Å². The number of ether oxygens (including phenoxy) is 2. The van der Waals surface area contributed by atoms with Crippen LogP contribution in [0.3, 0.4) is 0 Å². The molecule has 1 amide bonds. The van der Waals surface area contributed by atoms with Gasteiger partial charge in [0, 0.05) is 55.8 Å². The van der Waals surface area contributed by atoms with Crippen LogP contribution in [0.15, 0.2) is 48.8 Å². The van der Waals surface area contributed by atoms with Crippen molar-refractivity contribution in [2.75, 3.05) is 63.6 Å². The number of aromatic nitrogens is 2. The quantitative estimate of drug-likeness (QED) is 0.324. The molecule has 4 aliphatic rings. The number of amides is 1. The van der Waals surface area contributed by atoms with Gasteiger partial charge in [-0.15, -0.1) is 0 Å². The molecule has 2 N–H and O–H groups in total. The first-order chi connectivity index (χ1) is 20.9. The monoisotopic (exact) mass is 602 g/mol. The zero-order valence-corrected chi connectivity index (χ0v) is 24.5. The van der Waals surface area contributed by atoms with Crippen LogP contribution in [-0.2, 0) is 14.3 Å². The van der Waals surface area contributed by atoms with E-state index in [9.17, 15) is 9.18 Å². The summed E-state index contributed by atoms with van der Waals surface area (Å²) in [6, 6.07) is 8.08. The van der Waals surface area contributed by atoms with E-state index in [4.69, 9.17) is 21.1 Å². The van der Waals surface area contributed by atoms with Crippen LogP contribution < -0.4 is 10.6 Å². The average molecular weight is 603 g/mol. The number of halogens is 2. The Bertz CT molecular complexity index is 1630. The van der Waals surface area contributed by atoms with Gasteiger partial charge in [0.2, 0.25) is 5.91 Å². The Morgan fingerprint density at radius 1 is 1.12 bits per heavy atom. The summed E-state index contributed by atoms with van der Waals surface area (Å²) in [6.45, 7) is 5.60. The molecule has 4 unspecified atom stereocenters. The molecule has 2 aromatic carbocycles. The predicted molar refractivity (Wildman–Crippen MR) is 163 cm³/mol. The number of likely N-dealkylation sites (tertiary alicyclic amines) is 2. The predicted octanol–water partition coefficient (Wildman–Crippen LogP) is 3.92. The largest absolute Gasteiger partial charge is 0.372 e. The summed E-state index contributed by atoms with van der Waals surface area (Å²) >= 11 is 5.99. The number of nitrogens with zero attached hydrogens (tertiary/aromatic N) is 4. The summed E-state index contributed by atoms with van der Waals surface area (Å²) < 4.78 is 25.3. The van der Waals surface area contributed by atoms with Crippen molar-refractivity contribution in [3.8, 4) is 11.8 Å². The first-order valence-corrected chi connectivity index (χ1v) is 14.9. The molecule has 11 heteroatoms. The van der Waals surface area contributed by atoms with Crippen LogP contribution >= 0.6 is 11.6 Å². The number of hydrogen-bond acceptors (Lipinski definition) is 8. The molecular weight excluding hydrogens is 571 g/mol. The van der Waals surface area contributed by atoms with Crippen LogP contribution in [0, 0.1) is 35.4 Å². The van der Waals surface area contributed by atoms with Crippen LogP contribution in [0.25, 0.3) is 10.9 Å². The third kappa shape index (κ3) is 6.09. The lowest BCUT2D eigenvalue weighted by molar-refractivity contribution is -0.116. The molecule has 7 rings (SSSR count). The summed E-state index contributed by atoms with van der Waals surface area (Å²) in [4.78, 5) is 26.5. The molecule has 0 bridgehead atoms. The van der Waals surface area contributed by atoms with Crippen molar-refractivity contribution in [3.63, 3.8) is 0 Å². The standard InChI is InChI=1S/C32H32ClFN6O3/c1-39-14-23-21(24(23)15-39)6-4-19-11-28-22(32(36-18-35-28)37-20-5-7-26(34)25(33)12-20)13-27(19)38-31(41)3-2-8-40-16-29-30(17-40)43-10-9-42-29/h2-3,5,7,11-13,18,21,23-24,29-30H,8-10,14-17H2,1H3,(H,38,41)(H,35,36,37). The maximum absolute atomic E-state index is 13.7. The fourth-order valence-electron chi connectivity index (χ4n) is 6.40. The number of carbonyl (C=O) groups is 1. The molecule has 4 heterocycles. The number of fused-ring (bicyclic) bond motifs is 3. The number of benzene rings is 2. The van der Waals surface area contributed by atoms with Crippen molar-refractivity contribution in [3.05, 3.63) is 65.2 Å². The van der Waals surface area contributed by atoms with Crippen LogP contribution in [-0.4, -0.2) is 90.9 Å². The highest BCUT2D eigenvalue weighted by atomic mass is 35.5. The molecule has 222 valence electrons. The van der Waals surface area contributed by atoms with Gasteiger partial charge in [-0.3, -0.25) is 9.69 Å². The summed E-state index contributed by atoms with van der Waals surface area (Å²) in [5.41, 5.74) is 2.51. The molecule has 3 aromatic rings. The molecule has 4 atom stereocenters. The summed E-state index contributed by atoms with van der Waals surface area (Å²) in [5, 5.41) is 6.91. The lowest BCUT2D eigenvalue weighted by Crippen LogP contribution is -2.36. The van der Waals surface area contributed by atoms with Crippen molar-refractivity contribution in [1.29, 1.82) is 0 Å². The molecule has 43 heavy (non-hydrogen) atoms. The number of rotatable bonds is 6. The molecule has 1 saturated carbocycles. The van der Waals surface area contributed by atoms with Crippen molar-refractivity contribution in [2.24, 2.45) is 17.8 Å². The lowest BCUT2D eigenvalue weighted by Gasteiger charge is -2.24. The molecule has 1 aromatic heterocycles. The molecule has 3 saturated heterocycles. The van der Waals surface area contributed by atoms with Gasteiger partial charge >= 0.3 is 0 Å². The minimum atomic E-state index is -0.503. The molecule has 4 fully saturated rings. The topological polar surface area (TPSA) is 91.9 Å². The van der Waals surface area contributed by atoms with E-state index in [1.54, 1.807) is 12.1 Å². The van der Waals surface area contributed by atoms with Crippen molar-refractivity contribution < 1.29 is 18.7 Å². The molecule has 9 nitrogen and oxygen atoms in total. The normalized spacial score (nSPS) is 26.6. The summed E-state index contributed by atoms with van der Waals surface area (Å²) in [5.74, 6) is 8.15. The Morgan fingerprint density at radius 2 is 1.88 bits per heavy atom. The number of anilines is 3. The number of piperidine rings is 1. The van der Waals surface area contributed by atoms with E-state index in [1.165, 1.54) is 18.5 Å². The van der Waals surface area contributed by atoms with E-state index in [2.05, 4.69) is 49.3 Å². The fourth-order valence-corrected chi connectivity index (χ4v) is 6.58. The van der Waals surface area contributed by atoms with Crippen molar-refractivity contribution >= 4 is 45.6 Å². The van der Waals surface area contributed by atoms with Crippen molar-refractivity contribution in [1.82, 2.24) is 19.8 Å². The van der Waals surface area contributed by atoms with Crippen LogP contribution in [0.5, 0.6) is 0 Å². The van der Waals surface area contributed by atoms with Crippen molar-refractivity contribution in [2.45, 2.75) is 12.2 Å². The van der Waals surface area contributed by atoms with E-state index < -0.39 is 5.82 Å². The maximum Gasteiger partial charge on any atom is 0.248 e. The Kier molecular flexibility index (Phi) is 7.76. The highest BCUT2D eigenvalue weighted by molar-refractivity contribution is 6.31.